The molecule has 4 unspecified atom stereocenters. The summed E-state index contributed by atoms with van der Waals surface area (Å²) in [6, 6.07) is -0.00961. The average Bonchev–Trinajstić information content (AvgIpc) is 2.37. The van der Waals surface area contributed by atoms with Crippen molar-refractivity contribution >= 4 is 5.91 Å². The first-order chi connectivity index (χ1) is 8.58. The largest absolute Gasteiger partial charge is 0.382 e. The minimum Gasteiger partial charge on any atom is -0.382 e. The second kappa shape index (κ2) is 7.71. The summed E-state index contributed by atoms with van der Waals surface area (Å²) in [7, 11) is 3.23. The third-order valence-corrected chi connectivity index (χ3v) is 3.69. The van der Waals surface area contributed by atoms with Crippen LogP contribution in [0.2, 0.25) is 0 Å². The Morgan fingerprint density at radius 1 is 1.44 bits per heavy atom. The van der Waals surface area contributed by atoms with Gasteiger partial charge in [0.2, 0.25) is 5.91 Å². The lowest BCUT2D eigenvalue weighted by Crippen LogP contribution is -2.47. The van der Waals surface area contributed by atoms with E-state index in [1.165, 1.54) is 0 Å². The number of carbonyl (C=O) groups excluding carboxylic acids is 1. The van der Waals surface area contributed by atoms with Crippen LogP contribution in [0.3, 0.4) is 0 Å². The molecule has 0 aliphatic heterocycles. The maximum Gasteiger partial charge on any atom is 0.224 e. The van der Waals surface area contributed by atoms with Crippen molar-refractivity contribution in [2.75, 3.05) is 27.4 Å². The normalized spacial score (nSPS) is 29.9. The Labute approximate surface area is 109 Å². The van der Waals surface area contributed by atoms with Gasteiger partial charge < -0.3 is 20.5 Å². The van der Waals surface area contributed by atoms with Crippen LogP contribution >= 0.6 is 0 Å². The lowest BCUT2D eigenvalue weighted by molar-refractivity contribution is -0.127. The van der Waals surface area contributed by atoms with Gasteiger partial charge in [-0.15, -0.1) is 0 Å². The van der Waals surface area contributed by atoms with Gasteiger partial charge in [0.15, 0.2) is 0 Å². The molecule has 0 aromatic heterocycles. The Bertz CT molecular complexity index is 261. The van der Waals surface area contributed by atoms with E-state index in [0.29, 0.717) is 19.1 Å². The monoisotopic (exact) mass is 258 g/mol. The molecular formula is C13H26N2O3. The molecule has 1 saturated carbocycles. The van der Waals surface area contributed by atoms with Crippen LogP contribution in [0.1, 0.15) is 26.2 Å². The predicted molar refractivity (Wildman–Crippen MR) is 70.2 cm³/mol. The second-order valence-electron chi connectivity index (χ2n) is 5.25. The number of carbonyl (C=O) groups is 1. The van der Waals surface area contributed by atoms with E-state index in [0.717, 1.165) is 19.3 Å². The molecule has 3 N–H and O–H groups in total. The number of nitrogens with one attached hydrogen (secondary N) is 1. The van der Waals surface area contributed by atoms with Crippen molar-refractivity contribution < 1.29 is 14.3 Å². The van der Waals surface area contributed by atoms with Crippen molar-refractivity contribution in [3.05, 3.63) is 0 Å². The van der Waals surface area contributed by atoms with Crippen molar-refractivity contribution in [2.45, 2.75) is 38.3 Å². The van der Waals surface area contributed by atoms with Crippen molar-refractivity contribution in [1.29, 1.82) is 0 Å². The fourth-order valence-electron chi connectivity index (χ4n) is 2.45. The van der Waals surface area contributed by atoms with E-state index in [1.54, 1.807) is 14.2 Å². The molecule has 4 atom stereocenters. The minimum absolute atomic E-state index is 0.00961. The van der Waals surface area contributed by atoms with Crippen LogP contribution in [-0.2, 0) is 14.3 Å². The van der Waals surface area contributed by atoms with Gasteiger partial charge in [0.05, 0.1) is 18.6 Å². The highest BCUT2D eigenvalue weighted by atomic mass is 16.5. The summed E-state index contributed by atoms with van der Waals surface area (Å²) in [6.45, 7) is 3.12. The smallest absolute Gasteiger partial charge is 0.224 e. The molecule has 0 aromatic carbocycles. The fourth-order valence-corrected chi connectivity index (χ4v) is 2.45. The molecule has 5 heteroatoms. The first-order valence-corrected chi connectivity index (χ1v) is 6.63. The Hall–Kier alpha value is -0.650. The second-order valence-corrected chi connectivity index (χ2v) is 5.25. The predicted octanol–water partition coefficient (Wildman–Crippen LogP) is 0.528. The van der Waals surface area contributed by atoms with E-state index in [2.05, 4.69) is 12.2 Å². The van der Waals surface area contributed by atoms with Crippen LogP contribution < -0.4 is 11.1 Å². The molecule has 1 aliphatic rings. The zero-order valence-electron chi connectivity index (χ0n) is 11.6. The fraction of sp³-hybridized carbons (Fsp3) is 0.923. The maximum absolute atomic E-state index is 12.1. The summed E-state index contributed by atoms with van der Waals surface area (Å²) in [5.74, 6) is 0.568. The first-order valence-electron chi connectivity index (χ1n) is 6.63. The van der Waals surface area contributed by atoms with Crippen LogP contribution in [0.4, 0.5) is 0 Å². The number of hydrogen-bond acceptors (Lipinski definition) is 4. The lowest BCUT2D eigenvalue weighted by atomic mass is 9.79. The molecule has 1 fully saturated rings. The molecule has 0 aromatic rings. The first kappa shape index (κ1) is 15.4. The van der Waals surface area contributed by atoms with E-state index in [9.17, 15) is 4.79 Å². The van der Waals surface area contributed by atoms with Crippen LogP contribution in [0.5, 0.6) is 0 Å². The number of hydrogen-bond donors (Lipinski definition) is 2. The highest BCUT2D eigenvalue weighted by Crippen LogP contribution is 2.27. The Morgan fingerprint density at radius 3 is 2.78 bits per heavy atom. The van der Waals surface area contributed by atoms with Crippen LogP contribution in [0.25, 0.3) is 0 Å². The lowest BCUT2D eigenvalue weighted by Gasteiger charge is -2.31. The molecule has 5 nitrogen and oxygen atoms in total. The van der Waals surface area contributed by atoms with Crippen molar-refractivity contribution in [3.8, 4) is 0 Å². The van der Waals surface area contributed by atoms with E-state index in [4.69, 9.17) is 15.2 Å². The molecule has 0 saturated heterocycles. The molecule has 106 valence electrons. The van der Waals surface area contributed by atoms with Gasteiger partial charge in [-0.3, -0.25) is 4.79 Å². The van der Waals surface area contributed by atoms with E-state index < -0.39 is 0 Å². The highest BCUT2D eigenvalue weighted by molar-refractivity contribution is 5.79. The SMILES string of the molecule is COCC(CNC(=O)C1CC(C)CCC1N)OC. The van der Waals surface area contributed by atoms with E-state index >= 15 is 0 Å². The van der Waals surface area contributed by atoms with E-state index in [-0.39, 0.29) is 24.0 Å². The number of amides is 1. The topological polar surface area (TPSA) is 73.6 Å². The van der Waals surface area contributed by atoms with Crippen LogP contribution in [0.15, 0.2) is 0 Å². The summed E-state index contributed by atoms with van der Waals surface area (Å²) >= 11 is 0. The minimum atomic E-state index is -0.101. The van der Waals surface area contributed by atoms with E-state index in [1.807, 2.05) is 0 Å². The number of ether oxygens (including phenoxy) is 2. The van der Waals surface area contributed by atoms with Crippen LogP contribution in [-0.4, -0.2) is 45.4 Å². The quantitative estimate of drug-likeness (QED) is 0.729. The third-order valence-electron chi connectivity index (χ3n) is 3.69. The summed E-state index contributed by atoms with van der Waals surface area (Å²) in [5.41, 5.74) is 6.02. The zero-order valence-corrected chi connectivity index (χ0v) is 11.6. The average molecular weight is 258 g/mol. The summed E-state index contributed by atoms with van der Waals surface area (Å²) < 4.78 is 10.2. The van der Waals surface area contributed by atoms with Gasteiger partial charge in [-0.1, -0.05) is 6.92 Å². The van der Waals surface area contributed by atoms with Gasteiger partial charge in [0.1, 0.15) is 0 Å². The van der Waals surface area contributed by atoms with Gasteiger partial charge in [-0.2, -0.15) is 0 Å². The van der Waals surface area contributed by atoms with Gasteiger partial charge >= 0.3 is 0 Å². The van der Waals surface area contributed by atoms with Crippen molar-refractivity contribution in [1.82, 2.24) is 5.32 Å². The molecule has 0 heterocycles. The Kier molecular flexibility index (Phi) is 6.60. The molecule has 1 rings (SSSR count). The van der Waals surface area contributed by atoms with Crippen molar-refractivity contribution in [3.63, 3.8) is 0 Å². The van der Waals surface area contributed by atoms with Gasteiger partial charge in [-0.25, -0.2) is 0 Å². The summed E-state index contributed by atoms with van der Waals surface area (Å²) in [4.78, 5) is 12.1. The molecule has 0 radical (unpaired) electrons. The summed E-state index contributed by atoms with van der Waals surface area (Å²) in [5, 5.41) is 2.92. The molecule has 18 heavy (non-hydrogen) atoms. The van der Waals surface area contributed by atoms with Gasteiger partial charge in [-0.05, 0) is 25.2 Å². The Balaban J connectivity index is 2.39. The third kappa shape index (κ3) is 4.55. The van der Waals surface area contributed by atoms with Gasteiger partial charge in [0, 0.05) is 26.8 Å². The zero-order chi connectivity index (χ0) is 13.5. The number of methoxy groups -OCH3 is 2. The highest BCUT2D eigenvalue weighted by Gasteiger charge is 2.31. The van der Waals surface area contributed by atoms with Crippen LogP contribution in [0, 0.1) is 11.8 Å². The molecule has 1 aliphatic carbocycles. The molecular weight excluding hydrogens is 232 g/mol. The standard InChI is InChI=1S/C13H26N2O3/c1-9-4-5-12(14)11(6-9)13(16)15-7-10(18-3)8-17-2/h9-12H,4-8,14H2,1-3H3,(H,15,16). The Morgan fingerprint density at radius 2 is 2.17 bits per heavy atom. The molecule has 0 spiro atoms. The number of rotatable bonds is 6. The van der Waals surface area contributed by atoms with Gasteiger partial charge in [0.25, 0.3) is 0 Å². The number of nitrogens with two attached hydrogens (primary N) is 1. The summed E-state index contributed by atoms with van der Waals surface area (Å²) in [6.07, 6.45) is 2.84. The van der Waals surface area contributed by atoms with Crippen molar-refractivity contribution in [2.24, 2.45) is 17.6 Å². The molecule has 1 amide bonds. The molecule has 0 bridgehead atoms. The maximum atomic E-state index is 12.1.